The SMILES string of the molecule is CCc1ccccc1NC(=O)CN1C(=O)N/C(=C/c2cc(I)c(OCc3ccccc3)c(OC)c2)C1=O. The second kappa shape index (κ2) is 11.9. The Morgan fingerprint density at radius 3 is 2.54 bits per heavy atom. The molecular formula is C28H26IN3O5. The van der Waals surface area contributed by atoms with Crippen molar-refractivity contribution < 1.29 is 23.9 Å². The van der Waals surface area contributed by atoms with Gasteiger partial charge in [-0.15, -0.1) is 0 Å². The number of para-hydroxylation sites is 1. The van der Waals surface area contributed by atoms with Crippen LogP contribution >= 0.6 is 22.6 Å². The molecule has 190 valence electrons. The number of hydrogen-bond donors (Lipinski definition) is 2. The van der Waals surface area contributed by atoms with E-state index in [1.54, 1.807) is 18.2 Å². The Balaban J connectivity index is 1.47. The molecule has 1 saturated heterocycles. The zero-order valence-corrected chi connectivity index (χ0v) is 22.6. The summed E-state index contributed by atoms with van der Waals surface area (Å²) in [6.45, 7) is 1.97. The molecule has 37 heavy (non-hydrogen) atoms. The summed E-state index contributed by atoms with van der Waals surface area (Å²) in [4.78, 5) is 38.9. The number of aryl methyl sites for hydroxylation is 1. The van der Waals surface area contributed by atoms with Crippen molar-refractivity contribution in [2.24, 2.45) is 0 Å². The van der Waals surface area contributed by atoms with Gasteiger partial charge in [0, 0.05) is 5.69 Å². The lowest BCUT2D eigenvalue weighted by Gasteiger charge is -2.14. The molecule has 1 heterocycles. The molecule has 9 heteroatoms. The normalized spacial score (nSPS) is 14.0. The number of imide groups is 1. The van der Waals surface area contributed by atoms with Crippen LogP contribution in [0.4, 0.5) is 10.5 Å². The maximum atomic E-state index is 12.9. The Morgan fingerprint density at radius 1 is 1.08 bits per heavy atom. The summed E-state index contributed by atoms with van der Waals surface area (Å²) in [6, 6.07) is 20.1. The van der Waals surface area contributed by atoms with E-state index in [1.165, 1.54) is 7.11 Å². The molecule has 0 unspecified atom stereocenters. The molecule has 0 aliphatic carbocycles. The summed E-state index contributed by atoms with van der Waals surface area (Å²) >= 11 is 2.14. The third-order valence-corrected chi connectivity index (χ3v) is 6.53. The van der Waals surface area contributed by atoms with Crippen molar-refractivity contribution in [2.45, 2.75) is 20.0 Å². The van der Waals surface area contributed by atoms with Crippen molar-refractivity contribution in [3.8, 4) is 11.5 Å². The molecule has 0 radical (unpaired) electrons. The van der Waals surface area contributed by atoms with E-state index in [2.05, 4.69) is 33.2 Å². The first-order valence-electron chi connectivity index (χ1n) is 11.7. The van der Waals surface area contributed by atoms with E-state index in [-0.39, 0.29) is 5.70 Å². The number of rotatable bonds is 9. The van der Waals surface area contributed by atoms with E-state index in [0.29, 0.717) is 29.4 Å². The van der Waals surface area contributed by atoms with Crippen LogP contribution in [0.15, 0.2) is 72.4 Å². The topological polar surface area (TPSA) is 97.0 Å². The van der Waals surface area contributed by atoms with Crippen LogP contribution in [0.2, 0.25) is 0 Å². The Labute approximate surface area is 228 Å². The Hall–Kier alpha value is -3.86. The predicted molar refractivity (Wildman–Crippen MR) is 149 cm³/mol. The van der Waals surface area contributed by atoms with E-state index in [1.807, 2.05) is 61.5 Å². The van der Waals surface area contributed by atoms with Crippen molar-refractivity contribution >= 4 is 52.2 Å². The highest BCUT2D eigenvalue weighted by molar-refractivity contribution is 14.1. The number of amides is 4. The first-order valence-corrected chi connectivity index (χ1v) is 12.7. The second-order valence-electron chi connectivity index (χ2n) is 8.25. The van der Waals surface area contributed by atoms with Crippen LogP contribution in [0, 0.1) is 3.57 Å². The molecule has 1 aliphatic rings. The lowest BCUT2D eigenvalue weighted by Crippen LogP contribution is -2.38. The number of urea groups is 1. The maximum Gasteiger partial charge on any atom is 0.329 e. The van der Waals surface area contributed by atoms with Crippen LogP contribution in [0.1, 0.15) is 23.6 Å². The van der Waals surface area contributed by atoms with Crippen LogP contribution in [0.3, 0.4) is 0 Å². The highest BCUT2D eigenvalue weighted by atomic mass is 127. The van der Waals surface area contributed by atoms with Gasteiger partial charge in [0.15, 0.2) is 11.5 Å². The second-order valence-corrected chi connectivity index (χ2v) is 9.41. The average Bonchev–Trinajstić information content (AvgIpc) is 3.15. The van der Waals surface area contributed by atoms with Crippen molar-refractivity contribution in [3.05, 3.63) is 92.7 Å². The molecule has 0 aromatic heterocycles. The number of carbonyl (C=O) groups is 3. The number of hydrogen-bond acceptors (Lipinski definition) is 5. The van der Waals surface area contributed by atoms with Crippen LogP contribution in [0.5, 0.6) is 11.5 Å². The van der Waals surface area contributed by atoms with Gasteiger partial charge in [-0.2, -0.15) is 0 Å². The lowest BCUT2D eigenvalue weighted by molar-refractivity contribution is -0.127. The van der Waals surface area contributed by atoms with Crippen molar-refractivity contribution in [3.63, 3.8) is 0 Å². The highest BCUT2D eigenvalue weighted by Crippen LogP contribution is 2.35. The minimum Gasteiger partial charge on any atom is -0.493 e. The first kappa shape index (κ1) is 26.2. The number of halogens is 1. The van der Waals surface area contributed by atoms with Crippen molar-refractivity contribution in [2.75, 3.05) is 19.0 Å². The van der Waals surface area contributed by atoms with Gasteiger partial charge in [0.05, 0.1) is 10.7 Å². The lowest BCUT2D eigenvalue weighted by atomic mass is 10.1. The minimum atomic E-state index is -0.653. The fourth-order valence-electron chi connectivity index (χ4n) is 3.86. The molecule has 3 aromatic rings. The van der Waals surface area contributed by atoms with Gasteiger partial charge in [0.25, 0.3) is 5.91 Å². The summed E-state index contributed by atoms with van der Waals surface area (Å²) in [6.07, 6.45) is 2.29. The van der Waals surface area contributed by atoms with Gasteiger partial charge in [-0.05, 0) is 70.0 Å². The number of nitrogens with one attached hydrogen (secondary N) is 2. The van der Waals surface area contributed by atoms with E-state index in [9.17, 15) is 14.4 Å². The van der Waals surface area contributed by atoms with Crippen LogP contribution < -0.4 is 20.1 Å². The summed E-state index contributed by atoms with van der Waals surface area (Å²) < 4.78 is 12.3. The third kappa shape index (κ3) is 6.29. The smallest absolute Gasteiger partial charge is 0.329 e. The molecule has 1 fully saturated rings. The zero-order chi connectivity index (χ0) is 26.4. The largest absolute Gasteiger partial charge is 0.493 e. The monoisotopic (exact) mass is 611 g/mol. The molecule has 0 spiro atoms. The molecule has 3 aromatic carbocycles. The number of benzene rings is 3. The van der Waals surface area contributed by atoms with Gasteiger partial charge < -0.3 is 20.1 Å². The molecule has 4 rings (SSSR count). The molecule has 0 saturated carbocycles. The van der Waals surface area contributed by atoms with Gasteiger partial charge in [-0.25, -0.2) is 9.69 Å². The number of methoxy groups -OCH3 is 1. The zero-order valence-electron chi connectivity index (χ0n) is 20.4. The summed E-state index contributed by atoms with van der Waals surface area (Å²) in [5.74, 6) is 0.0444. The fourth-order valence-corrected chi connectivity index (χ4v) is 4.64. The minimum absolute atomic E-state index is 0.0718. The van der Waals surface area contributed by atoms with Gasteiger partial charge >= 0.3 is 6.03 Å². The quantitative estimate of drug-likeness (QED) is 0.202. The van der Waals surface area contributed by atoms with E-state index < -0.39 is 24.4 Å². The molecule has 1 aliphatic heterocycles. The van der Waals surface area contributed by atoms with Crippen LogP contribution in [0.25, 0.3) is 6.08 Å². The Kier molecular flexibility index (Phi) is 8.44. The number of carbonyl (C=O) groups excluding carboxylic acids is 3. The van der Waals surface area contributed by atoms with Gasteiger partial charge in [0.2, 0.25) is 5.91 Å². The summed E-state index contributed by atoms with van der Waals surface area (Å²) in [7, 11) is 1.54. The third-order valence-electron chi connectivity index (χ3n) is 5.73. The van der Waals surface area contributed by atoms with Crippen molar-refractivity contribution in [1.29, 1.82) is 0 Å². The maximum absolute atomic E-state index is 12.9. The molecule has 8 nitrogen and oxygen atoms in total. The standard InChI is InChI=1S/C28H26IN3O5/c1-3-20-11-7-8-12-22(20)30-25(33)16-32-27(34)23(31-28(32)35)14-19-13-21(29)26(24(15-19)36-2)37-17-18-9-5-4-6-10-18/h4-15H,3,16-17H2,1-2H3,(H,30,33)(H,31,35)/b23-14+. The fraction of sp³-hybridized carbons (Fsp3) is 0.179. The van der Waals surface area contributed by atoms with E-state index >= 15 is 0 Å². The van der Waals surface area contributed by atoms with Gasteiger partial charge in [-0.1, -0.05) is 55.5 Å². The van der Waals surface area contributed by atoms with Crippen molar-refractivity contribution in [1.82, 2.24) is 10.2 Å². The molecule has 4 amide bonds. The Bertz CT molecular complexity index is 1360. The number of anilines is 1. The molecule has 0 atom stereocenters. The van der Waals surface area contributed by atoms with E-state index in [0.717, 1.165) is 26.0 Å². The molecule has 0 bridgehead atoms. The molecule has 2 N–H and O–H groups in total. The predicted octanol–water partition coefficient (Wildman–Crippen LogP) is 4.97. The van der Waals surface area contributed by atoms with E-state index in [4.69, 9.17) is 9.47 Å². The summed E-state index contributed by atoms with van der Waals surface area (Å²) in [5, 5.41) is 5.34. The molecular weight excluding hydrogens is 585 g/mol. The Morgan fingerprint density at radius 2 is 1.81 bits per heavy atom. The van der Waals surface area contributed by atoms with Crippen LogP contribution in [-0.4, -0.2) is 36.4 Å². The highest BCUT2D eigenvalue weighted by Gasteiger charge is 2.35. The van der Waals surface area contributed by atoms with Gasteiger partial charge in [-0.3, -0.25) is 9.59 Å². The average molecular weight is 611 g/mol. The number of nitrogens with zero attached hydrogens (tertiary/aromatic N) is 1. The number of ether oxygens (including phenoxy) is 2. The first-order chi connectivity index (χ1) is 17.9. The van der Waals surface area contributed by atoms with Crippen LogP contribution in [-0.2, 0) is 22.6 Å². The summed E-state index contributed by atoms with van der Waals surface area (Å²) in [5.41, 5.74) is 3.36. The van der Waals surface area contributed by atoms with Gasteiger partial charge in [0.1, 0.15) is 18.8 Å².